The summed E-state index contributed by atoms with van der Waals surface area (Å²) in [6.45, 7) is 2.91. The topological polar surface area (TPSA) is 112 Å². The molecule has 4 heterocycles. The van der Waals surface area contributed by atoms with E-state index in [1.54, 1.807) is 16.8 Å². The van der Waals surface area contributed by atoms with Gasteiger partial charge in [-0.15, -0.1) is 5.10 Å². The number of pyridine rings is 1. The lowest BCUT2D eigenvalue weighted by atomic mass is 10.2. The van der Waals surface area contributed by atoms with E-state index in [1.807, 2.05) is 0 Å². The van der Waals surface area contributed by atoms with Gasteiger partial charge in [-0.25, -0.2) is 18.1 Å². The van der Waals surface area contributed by atoms with Crippen LogP contribution in [-0.4, -0.2) is 76.9 Å². The van der Waals surface area contributed by atoms with Gasteiger partial charge in [-0.2, -0.15) is 4.31 Å². The molecule has 2 fully saturated rings. The van der Waals surface area contributed by atoms with Crippen LogP contribution in [0.15, 0.2) is 33.4 Å². The van der Waals surface area contributed by atoms with E-state index in [4.69, 9.17) is 9.47 Å². The number of morpholine rings is 1. The second-order valence-electron chi connectivity index (χ2n) is 6.23. The number of ether oxygens (including phenoxy) is 2. The molecule has 27 heavy (non-hydrogen) atoms. The Labute approximate surface area is 161 Å². The van der Waals surface area contributed by atoms with Crippen molar-refractivity contribution >= 4 is 21.8 Å². The van der Waals surface area contributed by atoms with Gasteiger partial charge < -0.3 is 9.47 Å². The lowest BCUT2D eigenvalue weighted by molar-refractivity contribution is 0.0730. The molecular weight excluding hydrogens is 392 g/mol. The molecule has 0 spiro atoms. The fraction of sp³-hybridized carbons (Fsp3) is 0.600. The second-order valence-corrected chi connectivity index (χ2v) is 9.15. The number of aromatic nitrogens is 5. The number of sulfonamides is 1. The maximum atomic E-state index is 12.6. The first kappa shape index (κ1) is 18.7. The molecule has 0 N–H and O–H groups in total. The van der Waals surface area contributed by atoms with Gasteiger partial charge in [0.25, 0.3) is 0 Å². The van der Waals surface area contributed by atoms with Gasteiger partial charge in [0.1, 0.15) is 9.92 Å². The normalized spacial score (nSPS) is 21.6. The SMILES string of the molecule is O=S(=O)(c1ccc(Sc2nnnn2CC2CCCO2)nc1)N1CCOCC1. The molecule has 1 unspecified atom stereocenters. The van der Waals surface area contributed by atoms with E-state index in [2.05, 4.69) is 20.5 Å². The molecule has 2 aliphatic heterocycles. The van der Waals surface area contributed by atoms with E-state index in [0.29, 0.717) is 43.0 Å². The van der Waals surface area contributed by atoms with Gasteiger partial charge in [-0.1, -0.05) is 0 Å². The van der Waals surface area contributed by atoms with Crippen LogP contribution in [0.2, 0.25) is 0 Å². The Morgan fingerprint density at radius 3 is 2.78 bits per heavy atom. The van der Waals surface area contributed by atoms with Crippen LogP contribution in [0.3, 0.4) is 0 Å². The Hall–Kier alpha value is -1.60. The van der Waals surface area contributed by atoms with E-state index >= 15 is 0 Å². The van der Waals surface area contributed by atoms with Crippen LogP contribution < -0.4 is 0 Å². The van der Waals surface area contributed by atoms with Crippen LogP contribution in [0.4, 0.5) is 0 Å². The number of hydrogen-bond acceptors (Lipinski definition) is 9. The fourth-order valence-corrected chi connectivity index (χ4v) is 5.05. The first-order chi connectivity index (χ1) is 13.1. The maximum absolute atomic E-state index is 12.6. The van der Waals surface area contributed by atoms with Crippen molar-refractivity contribution in [1.29, 1.82) is 0 Å². The van der Waals surface area contributed by atoms with Crippen molar-refractivity contribution in [3.63, 3.8) is 0 Å². The van der Waals surface area contributed by atoms with E-state index in [0.717, 1.165) is 19.4 Å². The third kappa shape index (κ3) is 4.29. The molecule has 0 amide bonds. The number of hydrogen-bond donors (Lipinski definition) is 0. The Bertz CT molecular complexity index is 861. The Morgan fingerprint density at radius 2 is 2.07 bits per heavy atom. The van der Waals surface area contributed by atoms with Crippen LogP contribution in [0.1, 0.15) is 12.8 Å². The molecule has 2 aromatic rings. The highest BCUT2D eigenvalue weighted by atomic mass is 32.2. The summed E-state index contributed by atoms with van der Waals surface area (Å²) in [6, 6.07) is 3.23. The first-order valence-corrected chi connectivity index (χ1v) is 11.0. The average Bonchev–Trinajstić information content (AvgIpc) is 3.36. The molecule has 10 nitrogen and oxygen atoms in total. The summed E-state index contributed by atoms with van der Waals surface area (Å²) in [7, 11) is -3.55. The smallest absolute Gasteiger partial charge is 0.244 e. The minimum absolute atomic E-state index is 0.127. The zero-order chi connectivity index (χ0) is 18.7. The molecule has 2 aromatic heterocycles. The zero-order valence-electron chi connectivity index (χ0n) is 14.6. The third-order valence-corrected chi connectivity index (χ3v) is 7.22. The highest BCUT2D eigenvalue weighted by molar-refractivity contribution is 7.99. The molecule has 1 atom stereocenters. The summed E-state index contributed by atoms with van der Waals surface area (Å²) in [5, 5.41) is 13.0. The van der Waals surface area contributed by atoms with Crippen molar-refractivity contribution in [3.8, 4) is 0 Å². The van der Waals surface area contributed by atoms with Gasteiger partial charge in [-0.05, 0) is 47.2 Å². The van der Waals surface area contributed by atoms with Gasteiger partial charge in [-0.3, -0.25) is 0 Å². The number of nitrogens with zero attached hydrogens (tertiary/aromatic N) is 6. The summed E-state index contributed by atoms with van der Waals surface area (Å²) in [6.07, 6.45) is 3.55. The quantitative estimate of drug-likeness (QED) is 0.666. The molecular formula is C15H20N6O4S2. The number of tetrazole rings is 1. The van der Waals surface area contributed by atoms with Crippen molar-refractivity contribution < 1.29 is 17.9 Å². The van der Waals surface area contributed by atoms with Gasteiger partial charge >= 0.3 is 0 Å². The minimum Gasteiger partial charge on any atom is -0.379 e. The van der Waals surface area contributed by atoms with Crippen molar-refractivity contribution in [3.05, 3.63) is 18.3 Å². The standard InChI is InChI=1S/C15H20N6O4S2/c22-27(23,20-5-8-24-9-6-20)13-3-4-14(16-10-13)26-15-17-18-19-21(15)11-12-2-1-7-25-12/h3-4,10,12H,1-2,5-9,11H2. The van der Waals surface area contributed by atoms with Crippen LogP contribution in [0.5, 0.6) is 0 Å². The summed E-state index contributed by atoms with van der Waals surface area (Å²) < 4.78 is 39.2. The van der Waals surface area contributed by atoms with Crippen LogP contribution >= 0.6 is 11.8 Å². The predicted molar refractivity (Wildman–Crippen MR) is 94.7 cm³/mol. The van der Waals surface area contributed by atoms with Crippen LogP contribution in [0, 0.1) is 0 Å². The Kier molecular flexibility index (Phi) is 5.68. The second kappa shape index (κ2) is 8.19. The Morgan fingerprint density at radius 1 is 1.22 bits per heavy atom. The minimum atomic E-state index is -3.55. The van der Waals surface area contributed by atoms with Crippen molar-refractivity contribution in [1.82, 2.24) is 29.5 Å². The molecule has 0 aromatic carbocycles. The fourth-order valence-electron chi connectivity index (χ4n) is 2.97. The molecule has 2 saturated heterocycles. The molecule has 0 radical (unpaired) electrons. The summed E-state index contributed by atoms with van der Waals surface area (Å²) in [5.74, 6) is 0. The molecule has 4 rings (SSSR count). The molecule has 146 valence electrons. The zero-order valence-corrected chi connectivity index (χ0v) is 16.2. The lowest BCUT2D eigenvalue weighted by Crippen LogP contribution is -2.40. The molecule has 12 heteroatoms. The van der Waals surface area contributed by atoms with E-state index < -0.39 is 10.0 Å². The molecule has 0 aliphatic carbocycles. The largest absolute Gasteiger partial charge is 0.379 e. The summed E-state index contributed by atoms with van der Waals surface area (Å²) in [4.78, 5) is 4.45. The van der Waals surface area contributed by atoms with Crippen LogP contribution in [0.25, 0.3) is 0 Å². The van der Waals surface area contributed by atoms with E-state index in [1.165, 1.54) is 22.3 Å². The monoisotopic (exact) mass is 412 g/mol. The van der Waals surface area contributed by atoms with Crippen molar-refractivity contribution in [2.45, 2.75) is 40.6 Å². The predicted octanol–water partition coefficient (Wildman–Crippen LogP) is 0.419. The Balaban J connectivity index is 1.44. The maximum Gasteiger partial charge on any atom is 0.244 e. The van der Waals surface area contributed by atoms with E-state index in [-0.39, 0.29) is 11.0 Å². The number of rotatable bonds is 6. The average molecular weight is 412 g/mol. The highest BCUT2D eigenvalue weighted by Gasteiger charge is 2.26. The third-order valence-electron chi connectivity index (χ3n) is 4.41. The van der Waals surface area contributed by atoms with Gasteiger partial charge in [0.15, 0.2) is 0 Å². The summed E-state index contributed by atoms with van der Waals surface area (Å²) >= 11 is 1.29. The first-order valence-electron chi connectivity index (χ1n) is 8.72. The molecule has 0 bridgehead atoms. The van der Waals surface area contributed by atoms with Crippen molar-refractivity contribution in [2.75, 3.05) is 32.9 Å². The van der Waals surface area contributed by atoms with Crippen molar-refractivity contribution in [2.24, 2.45) is 0 Å². The van der Waals surface area contributed by atoms with Gasteiger partial charge in [0.2, 0.25) is 15.2 Å². The van der Waals surface area contributed by atoms with E-state index in [9.17, 15) is 8.42 Å². The molecule has 2 aliphatic rings. The van der Waals surface area contributed by atoms with Gasteiger partial charge in [0, 0.05) is 25.9 Å². The molecule has 0 saturated carbocycles. The van der Waals surface area contributed by atoms with Crippen LogP contribution in [-0.2, 0) is 26.0 Å². The highest BCUT2D eigenvalue weighted by Crippen LogP contribution is 2.26. The lowest BCUT2D eigenvalue weighted by Gasteiger charge is -2.25. The van der Waals surface area contributed by atoms with Gasteiger partial charge in [0.05, 0.1) is 25.9 Å². The summed E-state index contributed by atoms with van der Waals surface area (Å²) in [5.41, 5.74) is 0.